The van der Waals surface area contributed by atoms with Crippen molar-refractivity contribution < 1.29 is 9.90 Å². The molecule has 0 heterocycles. The number of anilines is 1. The van der Waals surface area contributed by atoms with Gasteiger partial charge in [0.1, 0.15) is 0 Å². The van der Waals surface area contributed by atoms with Gasteiger partial charge in [-0.15, -0.1) is 11.8 Å². The summed E-state index contributed by atoms with van der Waals surface area (Å²) in [5.74, 6) is -0.183. The number of hydrogen-bond acceptors (Lipinski definition) is 3. The van der Waals surface area contributed by atoms with E-state index in [0.29, 0.717) is 17.7 Å². The molecule has 0 aliphatic rings. The van der Waals surface area contributed by atoms with Gasteiger partial charge in [-0.3, -0.25) is 0 Å². The average Bonchev–Trinajstić information content (AvgIpc) is 2.29. The molecule has 0 unspecified atom stereocenters. The van der Waals surface area contributed by atoms with Gasteiger partial charge in [0.05, 0.1) is 0 Å². The highest BCUT2D eigenvalue weighted by molar-refractivity contribution is 7.99. The molecule has 1 aromatic carbocycles. The Balaban J connectivity index is 2.68. The number of rotatable bonds is 5. The van der Waals surface area contributed by atoms with Crippen LogP contribution in [0.2, 0.25) is 0 Å². The highest BCUT2D eigenvalue weighted by Gasteiger charge is 2.04. The molecular formula is C13H17NO2S. The van der Waals surface area contributed by atoms with E-state index < -0.39 is 5.97 Å². The van der Waals surface area contributed by atoms with Crippen molar-refractivity contribution >= 4 is 23.4 Å². The van der Waals surface area contributed by atoms with E-state index in [1.807, 2.05) is 32.0 Å². The minimum absolute atomic E-state index is 0.457. The Morgan fingerprint density at radius 2 is 2.24 bits per heavy atom. The first-order chi connectivity index (χ1) is 8.06. The number of aliphatic carboxylic acids is 1. The summed E-state index contributed by atoms with van der Waals surface area (Å²) in [6, 6.07) is 5.77. The van der Waals surface area contributed by atoms with Crippen LogP contribution in [0.1, 0.15) is 18.9 Å². The summed E-state index contributed by atoms with van der Waals surface area (Å²) in [5.41, 5.74) is 8.09. The summed E-state index contributed by atoms with van der Waals surface area (Å²) in [5, 5.41) is 8.87. The number of carboxylic acid groups (broad SMARTS) is 1. The van der Waals surface area contributed by atoms with E-state index in [1.165, 1.54) is 0 Å². The van der Waals surface area contributed by atoms with Crippen LogP contribution in [-0.2, 0) is 4.79 Å². The maximum Gasteiger partial charge on any atom is 0.331 e. The van der Waals surface area contributed by atoms with E-state index in [0.717, 1.165) is 16.1 Å². The second-order valence-corrected chi connectivity index (χ2v) is 4.73. The van der Waals surface area contributed by atoms with E-state index in [2.05, 4.69) is 0 Å². The summed E-state index contributed by atoms with van der Waals surface area (Å²) in [6.45, 7) is 3.82. The molecule has 0 saturated heterocycles. The molecule has 92 valence electrons. The van der Waals surface area contributed by atoms with Crippen LogP contribution in [0.15, 0.2) is 34.7 Å². The fourth-order valence-corrected chi connectivity index (χ4v) is 2.38. The molecule has 3 nitrogen and oxygen atoms in total. The lowest BCUT2D eigenvalue weighted by Gasteiger charge is -2.06. The van der Waals surface area contributed by atoms with Crippen LogP contribution < -0.4 is 5.73 Å². The molecule has 0 amide bonds. The number of carboxylic acids is 1. The summed E-state index contributed by atoms with van der Waals surface area (Å²) >= 11 is 1.60. The van der Waals surface area contributed by atoms with Gasteiger partial charge in [-0.2, -0.15) is 0 Å². The Labute approximate surface area is 106 Å². The van der Waals surface area contributed by atoms with Crippen molar-refractivity contribution in [2.75, 3.05) is 11.5 Å². The Hall–Kier alpha value is -1.42. The quantitative estimate of drug-likeness (QED) is 0.479. The maximum atomic E-state index is 10.8. The van der Waals surface area contributed by atoms with Crippen LogP contribution in [0, 0.1) is 6.92 Å². The smallest absolute Gasteiger partial charge is 0.331 e. The van der Waals surface area contributed by atoms with Gasteiger partial charge in [0.2, 0.25) is 0 Å². The van der Waals surface area contributed by atoms with Crippen molar-refractivity contribution in [2.24, 2.45) is 0 Å². The summed E-state index contributed by atoms with van der Waals surface area (Å²) in [7, 11) is 0. The van der Waals surface area contributed by atoms with Gasteiger partial charge in [-0.05, 0) is 31.0 Å². The zero-order chi connectivity index (χ0) is 12.8. The molecule has 0 aliphatic carbocycles. The lowest BCUT2D eigenvalue weighted by molar-refractivity contribution is -0.132. The Morgan fingerprint density at radius 1 is 1.53 bits per heavy atom. The van der Waals surface area contributed by atoms with Crippen molar-refractivity contribution in [1.29, 1.82) is 0 Å². The third kappa shape index (κ3) is 3.82. The molecule has 0 aromatic heterocycles. The lowest BCUT2D eigenvalue weighted by Crippen LogP contribution is -1.99. The first-order valence-corrected chi connectivity index (χ1v) is 6.45. The monoisotopic (exact) mass is 251 g/mol. The topological polar surface area (TPSA) is 63.3 Å². The third-order valence-electron chi connectivity index (χ3n) is 2.55. The molecule has 0 saturated carbocycles. The molecule has 0 bridgehead atoms. The van der Waals surface area contributed by atoms with Crippen molar-refractivity contribution in [3.05, 3.63) is 35.4 Å². The number of thioether (sulfide) groups is 1. The number of nitrogen functional groups attached to an aromatic ring is 1. The Bertz CT molecular complexity index is 441. The van der Waals surface area contributed by atoms with Gasteiger partial charge in [-0.25, -0.2) is 4.79 Å². The van der Waals surface area contributed by atoms with Gasteiger partial charge in [0.15, 0.2) is 0 Å². The predicted molar refractivity (Wildman–Crippen MR) is 72.3 cm³/mol. The standard InChI is InChI=1S/C13H17NO2S/c1-3-10(13(15)16)7-8-17-12-6-4-5-11(14)9(12)2/h4-7H,3,8,14H2,1-2H3,(H,15,16). The van der Waals surface area contributed by atoms with Gasteiger partial charge >= 0.3 is 5.97 Å². The second kappa shape index (κ2) is 6.35. The number of carbonyl (C=O) groups is 1. The summed E-state index contributed by atoms with van der Waals surface area (Å²) in [4.78, 5) is 11.9. The molecule has 0 radical (unpaired) electrons. The number of hydrogen-bond donors (Lipinski definition) is 2. The van der Waals surface area contributed by atoms with E-state index in [9.17, 15) is 4.79 Å². The van der Waals surface area contributed by atoms with Gasteiger partial charge in [0, 0.05) is 21.9 Å². The molecule has 0 fully saturated rings. The van der Waals surface area contributed by atoms with Crippen LogP contribution >= 0.6 is 11.8 Å². The van der Waals surface area contributed by atoms with Crippen LogP contribution in [0.25, 0.3) is 0 Å². The molecule has 1 aromatic rings. The predicted octanol–water partition coefficient (Wildman–Crippen LogP) is 3.09. The second-order valence-electron chi connectivity index (χ2n) is 3.67. The fourth-order valence-electron chi connectivity index (χ4n) is 1.40. The SMILES string of the molecule is CCC(=CCSc1cccc(N)c1C)C(=O)O. The normalized spacial score (nSPS) is 11.5. The Kier molecular flexibility index (Phi) is 5.10. The lowest BCUT2D eigenvalue weighted by atomic mass is 10.2. The van der Waals surface area contributed by atoms with Crippen molar-refractivity contribution in [2.45, 2.75) is 25.2 Å². The molecule has 0 atom stereocenters. The largest absolute Gasteiger partial charge is 0.478 e. The highest BCUT2D eigenvalue weighted by Crippen LogP contribution is 2.26. The van der Waals surface area contributed by atoms with Crippen LogP contribution in [0.3, 0.4) is 0 Å². The summed E-state index contributed by atoms with van der Waals surface area (Å²) < 4.78 is 0. The molecule has 4 heteroatoms. The fraction of sp³-hybridized carbons (Fsp3) is 0.308. The van der Waals surface area contributed by atoms with Gasteiger partial charge in [-0.1, -0.05) is 19.1 Å². The third-order valence-corrected chi connectivity index (χ3v) is 3.64. The van der Waals surface area contributed by atoms with Crippen molar-refractivity contribution in [1.82, 2.24) is 0 Å². The summed E-state index contributed by atoms with van der Waals surface area (Å²) in [6.07, 6.45) is 2.31. The molecule has 1 rings (SSSR count). The van der Waals surface area contributed by atoms with Crippen molar-refractivity contribution in [3.8, 4) is 0 Å². The zero-order valence-corrected chi connectivity index (χ0v) is 10.9. The van der Waals surface area contributed by atoms with E-state index in [4.69, 9.17) is 10.8 Å². The molecule has 0 spiro atoms. The number of nitrogens with two attached hydrogens (primary N) is 1. The minimum Gasteiger partial charge on any atom is -0.478 e. The molecule has 0 aliphatic heterocycles. The van der Waals surface area contributed by atoms with Crippen LogP contribution in [0.5, 0.6) is 0 Å². The van der Waals surface area contributed by atoms with Crippen LogP contribution in [0.4, 0.5) is 5.69 Å². The van der Waals surface area contributed by atoms with E-state index in [1.54, 1.807) is 17.8 Å². The van der Waals surface area contributed by atoms with E-state index >= 15 is 0 Å². The maximum absolute atomic E-state index is 10.8. The average molecular weight is 251 g/mol. The van der Waals surface area contributed by atoms with E-state index in [-0.39, 0.29) is 0 Å². The first kappa shape index (κ1) is 13.6. The highest BCUT2D eigenvalue weighted by atomic mass is 32.2. The zero-order valence-electron chi connectivity index (χ0n) is 10.1. The molecule has 17 heavy (non-hydrogen) atoms. The van der Waals surface area contributed by atoms with Gasteiger partial charge in [0.25, 0.3) is 0 Å². The van der Waals surface area contributed by atoms with Crippen LogP contribution in [-0.4, -0.2) is 16.8 Å². The first-order valence-electron chi connectivity index (χ1n) is 5.46. The minimum atomic E-state index is -0.836. The van der Waals surface area contributed by atoms with Crippen molar-refractivity contribution in [3.63, 3.8) is 0 Å². The molecular weight excluding hydrogens is 234 g/mol. The Morgan fingerprint density at radius 3 is 2.82 bits per heavy atom. The van der Waals surface area contributed by atoms with Gasteiger partial charge < -0.3 is 10.8 Å². The number of benzene rings is 1. The molecule has 3 N–H and O–H groups in total.